The van der Waals surface area contributed by atoms with Gasteiger partial charge in [-0.2, -0.15) is 0 Å². The average Bonchev–Trinajstić information content (AvgIpc) is 2.13. The SMILES string of the molecule is NC(=O)C1OC(=O)C=CC(=O)O1. The number of nitrogens with two attached hydrogens (primary N) is 1. The van der Waals surface area contributed by atoms with E-state index in [0.717, 1.165) is 12.2 Å². The fraction of sp³-hybridized carbons (Fsp3) is 0.167. The van der Waals surface area contributed by atoms with Crippen LogP contribution in [0.1, 0.15) is 0 Å². The lowest BCUT2D eigenvalue weighted by Crippen LogP contribution is -2.35. The third-order valence-corrected chi connectivity index (χ3v) is 1.03. The summed E-state index contributed by atoms with van der Waals surface area (Å²) in [5.41, 5.74) is 4.74. The molecule has 1 amide bonds. The van der Waals surface area contributed by atoms with Crippen LogP contribution in [0.4, 0.5) is 0 Å². The van der Waals surface area contributed by atoms with Crippen LogP contribution in [0.15, 0.2) is 12.2 Å². The Hall–Kier alpha value is -1.85. The zero-order chi connectivity index (χ0) is 9.14. The highest BCUT2D eigenvalue weighted by Crippen LogP contribution is 2.01. The molecule has 1 heterocycles. The molecule has 0 unspecified atom stereocenters. The minimum Gasteiger partial charge on any atom is -0.412 e. The summed E-state index contributed by atoms with van der Waals surface area (Å²) in [5, 5.41) is 0. The minimum absolute atomic E-state index is 0.843. The second-order valence-electron chi connectivity index (χ2n) is 1.94. The molecule has 0 saturated carbocycles. The van der Waals surface area contributed by atoms with Crippen molar-refractivity contribution in [1.29, 1.82) is 0 Å². The Balaban J connectivity index is 2.77. The van der Waals surface area contributed by atoms with Gasteiger partial charge in [-0.05, 0) is 0 Å². The number of primary amides is 1. The molecule has 6 heteroatoms. The van der Waals surface area contributed by atoms with Crippen LogP contribution in [0, 0.1) is 0 Å². The third-order valence-electron chi connectivity index (χ3n) is 1.03. The van der Waals surface area contributed by atoms with Crippen molar-refractivity contribution in [3.8, 4) is 0 Å². The van der Waals surface area contributed by atoms with E-state index in [9.17, 15) is 14.4 Å². The molecule has 0 fully saturated rings. The molecule has 64 valence electrons. The fourth-order valence-electron chi connectivity index (χ4n) is 0.566. The second kappa shape index (κ2) is 3.04. The molecule has 12 heavy (non-hydrogen) atoms. The van der Waals surface area contributed by atoms with E-state index in [4.69, 9.17) is 5.73 Å². The lowest BCUT2D eigenvalue weighted by molar-refractivity contribution is -0.183. The normalized spacial score (nSPS) is 18.0. The quantitative estimate of drug-likeness (QED) is 0.482. The molecule has 0 saturated heterocycles. The predicted octanol–water partition coefficient (Wildman–Crippen LogP) is -1.55. The molecule has 0 aromatic rings. The van der Waals surface area contributed by atoms with E-state index in [2.05, 4.69) is 9.47 Å². The molecule has 2 N–H and O–H groups in total. The third kappa shape index (κ3) is 1.82. The van der Waals surface area contributed by atoms with E-state index in [1.165, 1.54) is 0 Å². The molecular weight excluding hydrogens is 166 g/mol. The lowest BCUT2D eigenvalue weighted by atomic mass is 10.5. The Morgan fingerprint density at radius 2 is 1.67 bits per heavy atom. The number of amides is 1. The van der Waals surface area contributed by atoms with Crippen molar-refractivity contribution < 1.29 is 23.9 Å². The van der Waals surface area contributed by atoms with Crippen LogP contribution in [0.3, 0.4) is 0 Å². The Morgan fingerprint density at radius 1 is 1.25 bits per heavy atom. The summed E-state index contributed by atoms with van der Waals surface area (Å²) in [7, 11) is 0. The molecule has 0 radical (unpaired) electrons. The van der Waals surface area contributed by atoms with Gasteiger partial charge < -0.3 is 15.2 Å². The molecule has 1 rings (SSSR count). The van der Waals surface area contributed by atoms with Crippen molar-refractivity contribution in [3.63, 3.8) is 0 Å². The van der Waals surface area contributed by atoms with Gasteiger partial charge in [0.1, 0.15) is 0 Å². The van der Waals surface area contributed by atoms with Crippen molar-refractivity contribution in [2.24, 2.45) is 5.73 Å². The van der Waals surface area contributed by atoms with Gasteiger partial charge in [0.05, 0.1) is 0 Å². The summed E-state index contributed by atoms with van der Waals surface area (Å²) in [6, 6.07) is 0. The molecule has 1 aliphatic rings. The van der Waals surface area contributed by atoms with Gasteiger partial charge in [0.25, 0.3) is 5.91 Å². The van der Waals surface area contributed by atoms with Crippen molar-refractivity contribution in [1.82, 2.24) is 0 Å². The number of rotatable bonds is 1. The first-order valence-electron chi connectivity index (χ1n) is 2.98. The highest BCUT2D eigenvalue weighted by molar-refractivity contribution is 5.96. The van der Waals surface area contributed by atoms with Crippen LogP contribution in [-0.2, 0) is 23.9 Å². The summed E-state index contributed by atoms with van der Waals surface area (Å²) < 4.78 is 8.60. The summed E-state index contributed by atoms with van der Waals surface area (Å²) in [5.74, 6) is -2.71. The Labute approximate surface area is 66.9 Å². The van der Waals surface area contributed by atoms with Gasteiger partial charge >= 0.3 is 18.2 Å². The number of ether oxygens (including phenoxy) is 2. The number of esters is 2. The maximum absolute atomic E-state index is 10.6. The number of carbonyl (C=O) groups excluding carboxylic acids is 3. The standard InChI is InChI=1S/C6H5NO5/c7-5(10)6-11-3(8)1-2-4(9)12-6/h1-2,6H,(H2,7,10). The van der Waals surface area contributed by atoms with Crippen LogP contribution >= 0.6 is 0 Å². The van der Waals surface area contributed by atoms with Gasteiger partial charge in [-0.3, -0.25) is 4.79 Å². The van der Waals surface area contributed by atoms with Crippen LogP contribution in [-0.4, -0.2) is 24.1 Å². The topological polar surface area (TPSA) is 95.7 Å². The second-order valence-corrected chi connectivity index (χ2v) is 1.94. The van der Waals surface area contributed by atoms with Gasteiger partial charge in [-0.15, -0.1) is 0 Å². The molecule has 0 bridgehead atoms. The summed E-state index contributed by atoms with van der Waals surface area (Å²) in [6.07, 6.45) is 0.0799. The number of hydrogen-bond donors (Lipinski definition) is 1. The summed E-state index contributed by atoms with van der Waals surface area (Å²) in [4.78, 5) is 31.6. The van der Waals surface area contributed by atoms with E-state index in [1.807, 2.05) is 0 Å². The Morgan fingerprint density at radius 3 is 2.00 bits per heavy atom. The molecule has 1 aliphatic heterocycles. The average molecular weight is 171 g/mol. The van der Waals surface area contributed by atoms with E-state index in [0.29, 0.717) is 0 Å². The minimum atomic E-state index is -1.63. The first-order chi connectivity index (χ1) is 5.59. The van der Waals surface area contributed by atoms with Crippen LogP contribution < -0.4 is 5.73 Å². The monoisotopic (exact) mass is 171 g/mol. The van der Waals surface area contributed by atoms with E-state index >= 15 is 0 Å². The van der Waals surface area contributed by atoms with E-state index < -0.39 is 24.1 Å². The molecule has 0 aromatic carbocycles. The van der Waals surface area contributed by atoms with Gasteiger partial charge in [-0.1, -0.05) is 0 Å². The van der Waals surface area contributed by atoms with E-state index in [-0.39, 0.29) is 0 Å². The lowest BCUT2D eigenvalue weighted by Gasteiger charge is -2.09. The van der Waals surface area contributed by atoms with Gasteiger partial charge in [-0.25, -0.2) is 9.59 Å². The van der Waals surface area contributed by atoms with Gasteiger partial charge in [0, 0.05) is 12.2 Å². The van der Waals surface area contributed by atoms with Crippen molar-refractivity contribution in [3.05, 3.63) is 12.2 Å². The molecule has 0 aromatic heterocycles. The molecular formula is C6H5NO5. The fourth-order valence-corrected chi connectivity index (χ4v) is 0.566. The number of carbonyl (C=O) groups is 3. The maximum atomic E-state index is 10.6. The highest BCUT2D eigenvalue weighted by atomic mass is 16.7. The smallest absolute Gasteiger partial charge is 0.334 e. The first kappa shape index (κ1) is 8.25. The van der Waals surface area contributed by atoms with Crippen molar-refractivity contribution in [2.75, 3.05) is 0 Å². The van der Waals surface area contributed by atoms with Crippen LogP contribution in [0.2, 0.25) is 0 Å². The molecule has 0 spiro atoms. The summed E-state index contributed by atoms with van der Waals surface area (Å²) >= 11 is 0. The molecule has 6 nitrogen and oxygen atoms in total. The zero-order valence-electron chi connectivity index (χ0n) is 5.85. The summed E-state index contributed by atoms with van der Waals surface area (Å²) in [6.45, 7) is 0. The molecule has 0 atom stereocenters. The largest absolute Gasteiger partial charge is 0.412 e. The van der Waals surface area contributed by atoms with Crippen LogP contribution in [0.25, 0.3) is 0 Å². The predicted molar refractivity (Wildman–Crippen MR) is 34.3 cm³/mol. The first-order valence-corrected chi connectivity index (χ1v) is 2.98. The zero-order valence-corrected chi connectivity index (χ0v) is 5.85. The number of cyclic esters (lactones) is 2. The van der Waals surface area contributed by atoms with Crippen LogP contribution in [0.5, 0.6) is 0 Å². The van der Waals surface area contributed by atoms with Crippen molar-refractivity contribution in [2.45, 2.75) is 6.29 Å². The highest BCUT2D eigenvalue weighted by Gasteiger charge is 2.25. The van der Waals surface area contributed by atoms with E-state index in [1.54, 1.807) is 0 Å². The Bertz CT molecular complexity index is 249. The van der Waals surface area contributed by atoms with Gasteiger partial charge in [0.15, 0.2) is 0 Å². The van der Waals surface area contributed by atoms with Crippen molar-refractivity contribution >= 4 is 17.8 Å². The maximum Gasteiger partial charge on any atom is 0.334 e. The number of hydrogen-bond acceptors (Lipinski definition) is 5. The van der Waals surface area contributed by atoms with Gasteiger partial charge in [0.2, 0.25) is 0 Å². The molecule has 0 aliphatic carbocycles. The Kier molecular flexibility index (Phi) is 2.09.